The van der Waals surface area contributed by atoms with E-state index < -0.39 is 5.60 Å². The molecule has 1 saturated carbocycles. The number of nitrogens with zero attached hydrogens (tertiary/aromatic N) is 2. The molecule has 1 aromatic heterocycles. The third-order valence-corrected chi connectivity index (χ3v) is 3.99. The van der Waals surface area contributed by atoms with Crippen LogP contribution < -0.4 is 10.6 Å². The Hall–Kier alpha value is -1.62. The lowest BCUT2D eigenvalue weighted by molar-refractivity contribution is 0.0576. The molecule has 1 fully saturated rings. The summed E-state index contributed by atoms with van der Waals surface area (Å²) in [6.07, 6.45) is 0.811. The monoisotopic (exact) mass is 289 g/mol. The van der Waals surface area contributed by atoms with E-state index in [0.29, 0.717) is 11.8 Å². The van der Waals surface area contributed by atoms with Crippen molar-refractivity contribution in [2.45, 2.75) is 51.7 Å². The van der Waals surface area contributed by atoms with Gasteiger partial charge in [0.25, 0.3) is 0 Å². The molecule has 1 amide bonds. The molecule has 3 rings (SSSR count). The van der Waals surface area contributed by atoms with Crippen molar-refractivity contribution in [3.63, 3.8) is 0 Å². The number of carbonyl (C=O) groups excluding carboxylic acids is 1. The SMILES string of the molecule is CC(N)c1ccc2c(n1)C1CC1CN2C(=O)OC(C)(C)C. The van der Waals surface area contributed by atoms with E-state index in [-0.39, 0.29) is 12.1 Å². The lowest BCUT2D eigenvalue weighted by Crippen LogP contribution is -2.40. The van der Waals surface area contributed by atoms with Crippen molar-refractivity contribution in [1.29, 1.82) is 0 Å². The zero-order chi connectivity index (χ0) is 15.4. The molecule has 0 aromatic carbocycles. The molecule has 2 N–H and O–H groups in total. The molecule has 3 atom stereocenters. The van der Waals surface area contributed by atoms with Crippen LogP contribution in [-0.2, 0) is 4.74 Å². The first-order valence-corrected chi connectivity index (χ1v) is 7.53. The number of rotatable bonds is 1. The van der Waals surface area contributed by atoms with Gasteiger partial charge in [-0.3, -0.25) is 9.88 Å². The summed E-state index contributed by atoms with van der Waals surface area (Å²) in [4.78, 5) is 18.8. The van der Waals surface area contributed by atoms with Gasteiger partial charge in [0.1, 0.15) is 5.60 Å². The highest BCUT2D eigenvalue weighted by molar-refractivity contribution is 5.90. The number of ether oxygens (including phenoxy) is 1. The Balaban J connectivity index is 1.92. The third kappa shape index (κ3) is 2.75. The predicted molar refractivity (Wildman–Crippen MR) is 81.3 cm³/mol. The third-order valence-electron chi connectivity index (χ3n) is 3.99. The fourth-order valence-electron chi connectivity index (χ4n) is 2.85. The topological polar surface area (TPSA) is 68.5 Å². The van der Waals surface area contributed by atoms with Crippen molar-refractivity contribution < 1.29 is 9.53 Å². The van der Waals surface area contributed by atoms with Gasteiger partial charge < -0.3 is 10.5 Å². The van der Waals surface area contributed by atoms with Crippen molar-refractivity contribution in [3.8, 4) is 0 Å². The molecule has 1 aliphatic carbocycles. The minimum atomic E-state index is -0.489. The summed E-state index contributed by atoms with van der Waals surface area (Å²) in [5.74, 6) is 0.998. The Morgan fingerprint density at radius 2 is 2.19 bits per heavy atom. The maximum absolute atomic E-state index is 12.4. The van der Waals surface area contributed by atoms with Crippen molar-refractivity contribution in [3.05, 3.63) is 23.5 Å². The summed E-state index contributed by atoms with van der Waals surface area (Å²) in [5.41, 5.74) is 8.19. The molecule has 0 spiro atoms. The van der Waals surface area contributed by atoms with Gasteiger partial charge in [-0.15, -0.1) is 0 Å². The van der Waals surface area contributed by atoms with Crippen LogP contribution in [0.15, 0.2) is 12.1 Å². The molecule has 5 nitrogen and oxygen atoms in total. The number of hydrogen-bond donors (Lipinski definition) is 1. The highest BCUT2D eigenvalue weighted by Gasteiger charge is 2.48. The molecule has 0 radical (unpaired) electrons. The standard InChI is InChI=1S/C16H23N3O2/c1-9(17)12-5-6-13-14(18-12)11-7-10(11)8-19(13)15(20)21-16(2,3)4/h5-6,9-11H,7-8,17H2,1-4H3. The van der Waals surface area contributed by atoms with Gasteiger partial charge >= 0.3 is 6.09 Å². The van der Waals surface area contributed by atoms with E-state index in [9.17, 15) is 4.79 Å². The van der Waals surface area contributed by atoms with Crippen LogP contribution in [0.2, 0.25) is 0 Å². The Kier molecular flexibility index (Phi) is 3.20. The summed E-state index contributed by atoms with van der Waals surface area (Å²) in [6, 6.07) is 3.77. The highest BCUT2D eigenvalue weighted by atomic mass is 16.6. The lowest BCUT2D eigenvalue weighted by atomic mass is 10.1. The number of carbonyl (C=O) groups is 1. The van der Waals surface area contributed by atoms with Crippen LogP contribution in [-0.4, -0.2) is 23.2 Å². The van der Waals surface area contributed by atoms with Crippen LogP contribution in [0, 0.1) is 5.92 Å². The molecule has 0 saturated heterocycles. The summed E-state index contributed by atoms with van der Waals surface area (Å²) in [5, 5.41) is 0. The molecule has 1 aromatic rings. The smallest absolute Gasteiger partial charge is 0.414 e. The quantitative estimate of drug-likeness (QED) is 0.863. The number of nitrogens with two attached hydrogens (primary N) is 1. The minimum absolute atomic E-state index is 0.0931. The number of amides is 1. The molecule has 2 aliphatic rings. The van der Waals surface area contributed by atoms with E-state index in [1.165, 1.54) is 0 Å². The van der Waals surface area contributed by atoms with Crippen LogP contribution in [0.5, 0.6) is 0 Å². The van der Waals surface area contributed by atoms with Gasteiger partial charge in [-0.1, -0.05) is 0 Å². The number of hydrogen-bond acceptors (Lipinski definition) is 4. The Morgan fingerprint density at radius 3 is 2.81 bits per heavy atom. The summed E-state index contributed by atoms with van der Waals surface area (Å²) in [7, 11) is 0. The minimum Gasteiger partial charge on any atom is -0.443 e. The van der Waals surface area contributed by atoms with Gasteiger partial charge in [-0.2, -0.15) is 0 Å². The zero-order valence-corrected chi connectivity index (χ0v) is 13.1. The highest BCUT2D eigenvalue weighted by Crippen LogP contribution is 2.54. The van der Waals surface area contributed by atoms with Gasteiger partial charge in [0.05, 0.1) is 17.1 Å². The number of aromatic nitrogens is 1. The van der Waals surface area contributed by atoms with E-state index >= 15 is 0 Å². The first-order chi connectivity index (χ1) is 9.76. The van der Waals surface area contributed by atoms with Crippen LogP contribution in [0.4, 0.5) is 10.5 Å². The summed E-state index contributed by atoms with van der Waals surface area (Å²) < 4.78 is 5.51. The largest absolute Gasteiger partial charge is 0.443 e. The molecule has 2 heterocycles. The Morgan fingerprint density at radius 1 is 1.48 bits per heavy atom. The zero-order valence-electron chi connectivity index (χ0n) is 13.1. The summed E-state index contributed by atoms with van der Waals surface area (Å²) >= 11 is 0. The lowest BCUT2D eigenvalue weighted by Gasteiger charge is -2.31. The molecule has 1 aliphatic heterocycles. The Bertz CT molecular complexity index is 577. The van der Waals surface area contributed by atoms with Gasteiger partial charge in [0.2, 0.25) is 0 Å². The second-order valence-electron chi connectivity index (χ2n) is 7.12. The van der Waals surface area contributed by atoms with Crippen molar-refractivity contribution in [1.82, 2.24) is 4.98 Å². The number of pyridine rings is 1. The summed E-state index contributed by atoms with van der Waals surface area (Å²) in [6.45, 7) is 8.30. The van der Waals surface area contributed by atoms with E-state index in [0.717, 1.165) is 30.0 Å². The van der Waals surface area contributed by atoms with Crippen molar-refractivity contribution in [2.24, 2.45) is 11.7 Å². The van der Waals surface area contributed by atoms with Gasteiger partial charge in [0.15, 0.2) is 0 Å². The maximum Gasteiger partial charge on any atom is 0.414 e. The number of anilines is 1. The van der Waals surface area contributed by atoms with Gasteiger partial charge in [-0.05, 0) is 52.2 Å². The number of fused-ring (bicyclic) bond motifs is 3. The van der Waals surface area contributed by atoms with Crippen LogP contribution in [0.25, 0.3) is 0 Å². The normalized spacial score (nSPS) is 24.9. The van der Waals surface area contributed by atoms with Gasteiger partial charge in [0, 0.05) is 18.5 Å². The second kappa shape index (κ2) is 4.70. The molecule has 21 heavy (non-hydrogen) atoms. The van der Waals surface area contributed by atoms with E-state index in [1.807, 2.05) is 39.8 Å². The molecule has 3 unspecified atom stereocenters. The van der Waals surface area contributed by atoms with E-state index in [4.69, 9.17) is 15.5 Å². The van der Waals surface area contributed by atoms with Crippen molar-refractivity contribution in [2.75, 3.05) is 11.4 Å². The second-order valence-corrected chi connectivity index (χ2v) is 7.12. The van der Waals surface area contributed by atoms with Crippen LogP contribution in [0.3, 0.4) is 0 Å². The molecule has 5 heteroatoms. The first-order valence-electron chi connectivity index (χ1n) is 7.53. The van der Waals surface area contributed by atoms with E-state index in [1.54, 1.807) is 4.90 Å². The Labute approximate surface area is 125 Å². The average Bonchev–Trinajstić information content (AvgIpc) is 3.14. The fourth-order valence-corrected chi connectivity index (χ4v) is 2.85. The maximum atomic E-state index is 12.4. The predicted octanol–water partition coefficient (Wildman–Crippen LogP) is 2.96. The molecular formula is C16H23N3O2. The fraction of sp³-hybridized carbons (Fsp3) is 0.625. The van der Waals surface area contributed by atoms with Crippen molar-refractivity contribution >= 4 is 11.8 Å². The van der Waals surface area contributed by atoms with Gasteiger partial charge in [-0.25, -0.2) is 4.79 Å². The van der Waals surface area contributed by atoms with Crippen LogP contribution >= 0.6 is 0 Å². The average molecular weight is 289 g/mol. The molecule has 114 valence electrons. The van der Waals surface area contributed by atoms with Crippen LogP contribution in [0.1, 0.15) is 57.5 Å². The first kappa shape index (κ1) is 14.3. The van der Waals surface area contributed by atoms with E-state index in [2.05, 4.69) is 0 Å². The molecule has 0 bridgehead atoms. The molecular weight excluding hydrogens is 266 g/mol.